The zero-order chi connectivity index (χ0) is 26.5. The summed E-state index contributed by atoms with van der Waals surface area (Å²) < 4.78 is 12.1. The van der Waals surface area contributed by atoms with E-state index in [1.165, 1.54) is 0 Å². The molecule has 0 aliphatic carbocycles. The second kappa shape index (κ2) is 12.4. The van der Waals surface area contributed by atoms with E-state index < -0.39 is 41.6 Å². The molecule has 3 fully saturated rings. The molecule has 1 spiro atoms. The fourth-order valence-corrected chi connectivity index (χ4v) is 6.24. The molecule has 1 N–H and O–H groups in total. The Balaban J connectivity index is 1.95. The number of rotatable bonds is 15. The molecule has 2 unspecified atom stereocenters. The number of hydrogen-bond donors (Lipinski definition) is 1. The molecule has 2 amide bonds. The molecule has 6 atom stereocenters. The van der Waals surface area contributed by atoms with Gasteiger partial charge in [0.15, 0.2) is 0 Å². The Labute approximate surface area is 215 Å². The van der Waals surface area contributed by atoms with Crippen LogP contribution in [0.2, 0.25) is 0 Å². The van der Waals surface area contributed by atoms with E-state index in [4.69, 9.17) is 9.47 Å². The van der Waals surface area contributed by atoms with Gasteiger partial charge in [0.1, 0.15) is 11.6 Å². The predicted octanol–water partition coefficient (Wildman–Crippen LogP) is 3.09. The summed E-state index contributed by atoms with van der Waals surface area (Å²) in [5, 5.41) is 10.3. The molecule has 3 rings (SSSR count). The zero-order valence-corrected chi connectivity index (χ0v) is 22.2. The fourth-order valence-electron chi connectivity index (χ4n) is 6.24. The van der Waals surface area contributed by atoms with Crippen molar-refractivity contribution < 1.29 is 29.0 Å². The van der Waals surface area contributed by atoms with Crippen LogP contribution in [0.4, 0.5) is 0 Å². The van der Waals surface area contributed by atoms with E-state index in [0.717, 1.165) is 32.1 Å². The number of likely N-dealkylation sites (tertiary alicyclic amines) is 1. The molecule has 8 heteroatoms. The maximum Gasteiger partial charge on any atom is 0.312 e. The van der Waals surface area contributed by atoms with Crippen LogP contribution >= 0.6 is 0 Å². The quantitative estimate of drug-likeness (QED) is 0.209. The first-order chi connectivity index (χ1) is 17.3. The summed E-state index contributed by atoms with van der Waals surface area (Å²) >= 11 is 0. The summed E-state index contributed by atoms with van der Waals surface area (Å²) in [6.45, 7) is 14.4. The first kappa shape index (κ1) is 28.4. The average molecular weight is 505 g/mol. The topological polar surface area (TPSA) is 96.4 Å². The van der Waals surface area contributed by atoms with E-state index in [1.54, 1.807) is 15.9 Å². The van der Waals surface area contributed by atoms with Gasteiger partial charge in [0.25, 0.3) is 0 Å². The van der Waals surface area contributed by atoms with Gasteiger partial charge >= 0.3 is 5.97 Å². The SMILES string of the molecule is C=CCCCCOC(=O)[C@@H]1[C@H]2C(=O)N([C@@H](CO)C(C)C)C(C(=O)N(CC=C)CCCC)C23CC[C@H]1O3. The lowest BCUT2D eigenvalue weighted by molar-refractivity contribution is -0.157. The van der Waals surface area contributed by atoms with Gasteiger partial charge in [-0.1, -0.05) is 39.3 Å². The highest BCUT2D eigenvalue weighted by Gasteiger charge is 2.75. The second-order valence-electron chi connectivity index (χ2n) is 10.7. The summed E-state index contributed by atoms with van der Waals surface area (Å²) in [4.78, 5) is 44.7. The van der Waals surface area contributed by atoms with Crippen molar-refractivity contribution >= 4 is 17.8 Å². The summed E-state index contributed by atoms with van der Waals surface area (Å²) in [6, 6.07) is -1.44. The third kappa shape index (κ3) is 5.12. The Morgan fingerprint density at radius 2 is 2.03 bits per heavy atom. The number of fused-ring (bicyclic) bond motifs is 1. The Morgan fingerprint density at radius 3 is 2.64 bits per heavy atom. The second-order valence-corrected chi connectivity index (χ2v) is 10.7. The van der Waals surface area contributed by atoms with Crippen LogP contribution in [0.3, 0.4) is 0 Å². The minimum absolute atomic E-state index is 0.0829. The number of unbranched alkanes of at least 4 members (excludes halogenated alkanes) is 3. The molecule has 0 aromatic carbocycles. The molecule has 2 bridgehead atoms. The number of nitrogens with zero attached hydrogens (tertiary/aromatic N) is 2. The average Bonchev–Trinajstić information content (AvgIpc) is 3.49. The summed E-state index contributed by atoms with van der Waals surface area (Å²) in [5.41, 5.74) is -1.08. The van der Waals surface area contributed by atoms with Crippen LogP contribution in [-0.4, -0.2) is 82.8 Å². The first-order valence-corrected chi connectivity index (χ1v) is 13.6. The maximum absolute atomic E-state index is 14.1. The van der Waals surface area contributed by atoms with Gasteiger partial charge in [-0.25, -0.2) is 0 Å². The molecule has 0 radical (unpaired) electrons. The van der Waals surface area contributed by atoms with Crippen molar-refractivity contribution in [3.63, 3.8) is 0 Å². The Morgan fingerprint density at radius 1 is 1.28 bits per heavy atom. The van der Waals surface area contributed by atoms with E-state index in [2.05, 4.69) is 20.1 Å². The number of hydrogen-bond acceptors (Lipinski definition) is 6. The number of aliphatic hydroxyl groups excluding tert-OH is 1. The normalized spacial score (nSPS) is 29.4. The van der Waals surface area contributed by atoms with Crippen molar-refractivity contribution in [1.29, 1.82) is 0 Å². The number of carbonyl (C=O) groups is 3. The van der Waals surface area contributed by atoms with E-state index >= 15 is 0 Å². The van der Waals surface area contributed by atoms with E-state index in [1.807, 2.05) is 19.9 Å². The summed E-state index contributed by atoms with van der Waals surface area (Å²) in [7, 11) is 0. The minimum Gasteiger partial charge on any atom is -0.465 e. The third-order valence-corrected chi connectivity index (χ3v) is 8.05. The van der Waals surface area contributed by atoms with Crippen LogP contribution in [-0.2, 0) is 23.9 Å². The summed E-state index contributed by atoms with van der Waals surface area (Å²) in [6.07, 6.45) is 8.41. The van der Waals surface area contributed by atoms with Gasteiger partial charge in [-0.3, -0.25) is 14.4 Å². The minimum atomic E-state index is -1.08. The molecule has 3 aliphatic rings. The molecular formula is C28H44N2O6. The Hall–Kier alpha value is -2.19. The highest BCUT2D eigenvalue weighted by atomic mass is 16.6. The van der Waals surface area contributed by atoms with Gasteiger partial charge in [-0.2, -0.15) is 0 Å². The number of ether oxygens (including phenoxy) is 2. The lowest BCUT2D eigenvalue weighted by atomic mass is 9.70. The molecule has 36 heavy (non-hydrogen) atoms. The van der Waals surface area contributed by atoms with E-state index in [9.17, 15) is 19.5 Å². The lowest BCUT2D eigenvalue weighted by Crippen LogP contribution is -2.59. The molecular weight excluding hydrogens is 460 g/mol. The van der Waals surface area contributed by atoms with Crippen LogP contribution in [0.1, 0.15) is 65.7 Å². The van der Waals surface area contributed by atoms with Gasteiger partial charge < -0.3 is 24.4 Å². The molecule has 3 heterocycles. The smallest absolute Gasteiger partial charge is 0.312 e. The van der Waals surface area contributed by atoms with Crippen molar-refractivity contribution in [2.75, 3.05) is 26.3 Å². The molecule has 0 saturated carbocycles. The molecule has 0 aromatic heterocycles. The number of aliphatic hydroxyl groups is 1. The zero-order valence-electron chi connectivity index (χ0n) is 22.2. The number of carbonyl (C=O) groups excluding carboxylic acids is 3. The van der Waals surface area contributed by atoms with Crippen molar-refractivity contribution in [3.8, 4) is 0 Å². The van der Waals surface area contributed by atoms with Crippen molar-refractivity contribution in [2.45, 2.75) is 89.5 Å². The maximum atomic E-state index is 14.1. The van der Waals surface area contributed by atoms with Crippen LogP contribution < -0.4 is 0 Å². The van der Waals surface area contributed by atoms with Gasteiger partial charge in [-0.05, 0) is 44.4 Å². The molecule has 8 nitrogen and oxygen atoms in total. The molecule has 0 aromatic rings. The number of esters is 1. The highest BCUT2D eigenvalue weighted by Crippen LogP contribution is 2.59. The molecule has 202 valence electrons. The van der Waals surface area contributed by atoms with E-state index in [-0.39, 0.29) is 30.9 Å². The van der Waals surface area contributed by atoms with Gasteiger partial charge in [-0.15, -0.1) is 13.2 Å². The standard InChI is InChI=1S/C28H44N2O6/c1-6-9-11-12-17-35-27(34)22-21-13-14-28(36-21)23(22)25(32)30(20(18-31)19(4)5)24(28)26(33)29(15-8-3)16-10-7-2/h6,8,19-24,31H,1,3,7,9-18H2,2,4-5H3/t20-,21+,22-,23-,24?,28?/m0/s1. The Kier molecular flexibility index (Phi) is 9.75. The van der Waals surface area contributed by atoms with Crippen molar-refractivity contribution in [2.24, 2.45) is 17.8 Å². The van der Waals surface area contributed by atoms with Gasteiger partial charge in [0.2, 0.25) is 11.8 Å². The molecule has 3 saturated heterocycles. The fraction of sp³-hybridized carbons (Fsp3) is 0.750. The third-order valence-electron chi connectivity index (χ3n) is 8.05. The predicted molar refractivity (Wildman–Crippen MR) is 137 cm³/mol. The van der Waals surface area contributed by atoms with Crippen LogP contribution in [0, 0.1) is 17.8 Å². The number of allylic oxidation sites excluding steroid dienone is 1. The van der Waals surface area contributed by atoms with Crippen LogP contribution in [0.5, 0.6) is 0 Å². The monoisotopic (exact) mass is 504 g/mol. The van der Waals surface area contributed by atoms with Crippen molar-refractivity contribution in [3.05, 3.63) is 25.3 Å². The van der Waals surface area contributed by atoms with E-state index in [0.29, 0.717) is 25.9 Å². The van der Waals surface area contributed by atoms with Crippen LogP contribution in [0.25, 0.3) is 0 Å². The van der Waals surface area contributed by atoms with Crippen molar-refractivity contribution in [1.82, 2.24) is 9.80 Å². The van der Waals surface area contributed by atoms with Gasteiger partial charge in [0.05, 0.1) is 37.2 Å². The first-order valence-electron chi connectivity index (χ1n) is 13.6. The largest absolute Gasteiger partial charge is 0.465 e. The highest BCUT2D eigenvalue weighted by molar-refractivity contribution is 5.98. The summed E-state index contributed by atoms with van der Waals surface area (Å²) in [5.74, 6) is -2.51. The number of amides is 2. The van der Waals surface area contributed by atoms with Gasteiger partial charge in [0, 0.05) is 13.1 Å². The Bertz CT molecular complexity index is 829. The lowest BCUT2D eigenvalue weighted by Gasteiger charge is -2.40. The molecule has 3 aliphatic heterocycles. The van der Waals surface area contributed by atoms with Crippen LogP contribution in [0.15, 0.2) is 25.3 Å².